The monoisotopic (exact) mass is 247 g/mol. The minimum absolute atomic E-state index is 0.00537. The number of nitrogens with zero attached hydrogens (tertiary/aromatic N) is 3. The van der Waals surface area contributed by atoms with E-state index in [0.29, 0.717) is 5.13 Å². The predicted octanol–water partition coefficient (Wildman–Crippen LogP) is 1.73. The second-order valence-corrected chi connectivity index (χ2v) is 4.65. The number of rotatable bonds is 2. The Balaban J connectivity index is 2.47. The second kappa shape index (κ2) is 4.50. The molecule has 1 heterocycles. The van der Waals surface area contributed by atoms with Crippen LogP contribution in [0.5, 0.6) is 0 Å². The van der Waals surface area contributed by atoms with Gasteiger partial charge in [-0.2, -0.15) is 4.99 Å². The number of nitrogens with two attached hydrogens (primary N) is 2. The summed E-state index contributed by atoms with van der Waals surface area (Å²) in [5, 5.41) is 9.36. The van der Waals surface area contributed by atoms with Crippen molar-refractivity contribution in [2.45, 2.75) is 13.8 Å². The van der Waals surface area contributed by atoms with Crippen molar-refractivity contribution >= 4 is 22.4 Å². The molecule has 0 saturated heterocycles. The first-order chi connectivity index (χ1) is 8.08. The van der Waals surface area contributed by atoms with Crippen LogP contribution in [0, 0.1) is 13.8 Å². The molecule has 2 rings (SSSR count). The summed E-state index contributed by atoms with van der Waals surface area (Å²) in [7, 11) is 0. The highest BCUT2D eigenvalue weighted by molar-refractivity contribution is 7.18. The smallest absolute Gasteiger partial charge is 0.235 e. The lowest BCUT2D eigenvalue weighted by Crippen LogP contribution is -2.21. The minimum Gasteiger partial charge on any atom is -0.370 e. The van der Waals surface area contributed by atoms with Crippen molar-refractivity contribution in [1.29, 1.82) is 0 Å². The van der Waals surface area contributed by atoms with Gasteiger partial charge in [-0.15, -0.1) is 10.2 Å². The van der Waals surface area contributed by atoms with Crippen LogP contribution in [-0.4, -0.2) is 16.2 Å². The molecule has 0 aliphatic carbocycles. The van der Waals surface area contributed by atoms with Gasteiger partial charge in [0, 0.05) is 5.56 Å². The van der Waals surface area contributed by atoms with Crippen LogP contribution in [0.15, 0.2) is 23.2 Å². The average Bonchev–Trinajstić information content (AvgIpc) is 2.65. The SMILES string of the molecule is Cc1cccc(C)c1-c1nnc(N=C(N)N)s1. The molecule has 0 bridgehead atoms. The topological polar surface area (TPSA) is 90.2 Å². The fraction of sp³-hybridized carbons (Fsp3) is 0.182. The molecule has 0 amide bonds. The normalized spacial score (nSPS) is 10.2. The maximum atomic E-state index is 5.30. The summed E-state index contributed by atoms with van der Waals surface area (Å²) in [6, 6.07) is 6.11. The number of hydrogen-bond acceptors (Lipinski definition) is 4. The number of hydrogen-bond donors (Lipinski definition) is 2. The third-order valence-electron chi connectivity index (χ3n) is 2.33. The predicted molar refractivity (Wildman–Crippen MR) is 70.3 cm³/mol. The molecule has 1 aromatic carbocycles. The van der Waals surface area contributed by atoms with Crippen LogP contribution in [0.2, 0.25) is 0 Å². The summed E-state index contributed by atoms with van der Waals surface area (Å²) < 4.78 is 0. The lowest BCUT2D eigenvalue weighted by Gasteiger charge is -2.04. The van der Waals surface area contributed by atoms with E-state index in [2.05, 4.69) is 15.2 Å². The van der Waals surface area contributed by atoms with Gasteiger partial charge in [0.2, 0.25) is 5.13 Å². The van der Waals surface area contributed by atoms with E-state index in [1.54, 1.807) is 0 Å². The van der Waals surface area contributed by atoms with Crippen LogP contribution in [0.3, 0.4) is 0 Å². The molecule has 2 aromatic rings. The van der Waals surface area contributed by atoms with E-state index in [9.17, 15) is 0 Å². The molecule has 6 heteroatoms. The van der Waals surface area contributed by atoms with Crippen LogP contribution >= 0.6 is 11.3 Å². The molecule has 17 heavy (non-hydrogen) atoms. The Bertz CT molecular complexity index is 549. The first-order valence-electron chi connectivity index (χ1n) is 5.07. The quantitative estimate of drug-likeness (QED) is 0.624. The molecule has 0 aliphatic rings. The highest BCUT2D eigenvalue weighted by Gasteiger charge is 2.10. The molecular formula is C11H13N5S. The Morgan fingerprint density at radius 1 is 1.18 bits per heavy atom. The summed E-state index contributed by atoms with van der Waals surface area (Å²) in [6.07, 6.45) is 0. The summed E-state index contributed by atoms with van der Waals surface area (Å²) in [6.45, 7) is 4.09. The molecule has 0 radical (unpaired) electrons. The zero-order valence-electron chi connectivity index (χ0n) is 9.64. The fourth-order valence-electron chi connectivity index (χ4n) is 1.62. The number of guanidine groups is 1. The van der Waals surface area contributed by atoms with Gasteiger partial charge in [0.15, 0.2) is 5.96 Å². The van der Waals surface area contributed by atoms with Crippen molar-refractivity contribution < 1.29 is 0 Å². The zero-order valence-corrected chi connectivity index (χ0v) is 10.5. The Kier molecular flexibility index (Phi) is 3.06. The van der Waals surface area contributed by atoms with Gasteiger partial charge in [-0.05, 0) is 25.0 Å². The third-order valence-corrected chi connectivity index (χ3v) is 3.17. The van der Waals surface area contributed by atoms with Gasteiger partial charge in [-0.25, -0.2) is 0 Å². The lowest BCUT2D eigenvalue weighted by molar-refractivity contribution is 1.08. The molecule has 88 valence electrons. The molecule has 5 nitrogen and oxygen atoms in total. The minimum atomic E-state index is -0.00537. The first-order valence-corrected chi connectivity index (χ1v) is 5.89. The van der Waals surface area contributed by atoms with Crippen molar-refractivity contribution in [2.24, 2.45) is 16.5 Å². The molecule has 0 aliphatic heterocycles. The molecule has 0 unspecified atom stereocenters. The fourth-order valence-corrected chi connectivity index (χ4v) is 2.54. The van der Waals surface area contributed by atoms with Crippen molar-refractivity contribution in [2.75, 3.05) is 0 Å². The Hall–Kier alpha value is -1.95. The largest absolute Gasteiger partial charge is 0.370 e. The Morgan fingerprint density at radius 3 is 2.41 bits per heavy atom. The lowest BCUT2D eigenvalue weighted by atomic mass is 10.0. The van der Waals surface area contributed by atoms with E-state index in [-0.39, 0.29) is 5.96 Å². The molecule has 0 atom stereocenters. The van der Waals surface area contributed by atoms with Crippen LogP contribution in [0.4, 0.5) is 5.13 Å². The van der Waals surface area contributed by atoms with Crippen LogP contribution in [0.1, 0.15) is 11.1 Å². The average molecular weight is 247 g/mol. The van der Waals surface area contributed by atoms with Gasteiger partial charge >= 0.3 is 0 Å². The van der Waals surface area contributed by atoms with E-state index in [0.717, 1.165) is 21.7 Å². The number of benzene rings is 1. The molecular weight excluding hydrogens is 234 g/mol. The van der Waals surface area contributed by atoms with Crippen LogP contribution in [0.25, 0.3) is 10.6 Å². The number of aliphatic imine (C=N–C) groups is 1. The van der Waals surface area contributed by atoms with Gasteiger partial charge in [0.05, 0.1) is 0 Å². The zero-order chi connectivity index (χ0) is 12.4. The molecule has 0 fully saturated rings. The van der Waals surface area contributed by atoms with Gasteiger partial charge < -0.3 is 11.5 Å². The van der Waals surface area contributed by atoms with Gasteiger partial charge in [-0.1, -0.05) is 29.5 Å². The summed E-state index contributed by atoms with van der Waals surface area (Å²) in [4.78, 5) is 3.88. The van der Waals surface area contributed by atoms with Crippen LogP contribution in [-0.2, 0) is 0 Å². The molecule has 0 saturated carbocycles. The third kappa shape index (κ3) is 2.42. The highest BCUT2D eigenvalue weighted by atomic mass is 32.1. The summed E-state index contributed by atoms with van der Waals surface area (Å²) in [5.74, 6) is -0.00537. The van der Waals surface area contributed by atoms with E-state index in [1.807, 2.05) is 32.0 Å². The van der Waals surface area contributed by atoms with Crippen molar-refractivity contribution in [3.05, 3.63) is 29.3 Å². The maximum absolute atomic E-state index is 5.30. The van der Waals surface area contributed by atoms with Crippen LogP contribution < -0.4 is 11.5 Å². The van der Waals surface area contributed by atoms with Gasteiger partial charge in [0.1, 0.15) is 5.01 Å². The van der Waals surface area contributed by atoms with E-state index in [4.69, 9.17) is 11.5 Å². The first kappa shape index (κ1) is 11.5. The Labute approximate surface area is 103 Å². The van der Waals surface area contributed by atoms with E-state index >= 15 is 0 Å². The second-order valence-electron chi connectivity index (χ2n) is 3.69. The van der Waals surface area contributed by atoms with Gasteiger partial charge in [0.25, 0.3) is 0 Å². The number of aryl methyl sites for hydroxylation is 2. The number of aromatic nitrogens is 2. The molecule has 0 spiro atoms. The maximum Gasteiger partial charge on any atom is 0.235 e. The molecule has 4 N–H and O–H groups in total. The van der Waals surface area contributed by atoms with Gasteiger partial charge in [-0.3, -0.25) is 0 Å². The Morgan fingerprint density at radius 2 is 1.82 bits per heavy atom. The van der Waals surface area contributed by atoms with Crippen molar-refractivity contribution in [3.8, 4) is 10.6 Å². The highest BCUT2D eigenvalue weighted by Crippen LogP contribution is 2.32. The summed E-state index contributed by atoms with van der Waals surface area (Å²) >= 11 is 1.37. The van der Waals surface area contributed by atoms with E-state index in [1.165, 1.54) is 11.3 Å². The van der Waals surface area contributed by atoms with Crippen molar-refractivity contribution in [1.82, 2.24) is 10.2 Å². The molecule has 1 aromatic heterocycles. The standard InChI is InChI=1S/C11H13N5S/c1-6-4-3-5-7(2)8(6)9-15-16-11(17-9)14-10(12)13/h3-5H,1-2H3,(H4,12,13,14,16). The van der Waals surface area contributed by atoms with Crippen molar-refractivity contribution in [3.63, 3.8) is 0 Å². The van der Waals surface area contributed by atoms with E-state index < -0.39 is 0 Å². The summed E-state index contributed by atoms with van der Waals surface area (Å²) in [5.41, 5.74) is 14.0.